The molecular formula is C23H30N2O3S. The molecule has 0 fully saturated rings. The maximum absolute atomic E-state index is 13.0. The molecule has 0 spiro atoms. The van der Waals surface area contributed by atoms with Gasteiger partial charge in [0.15, 0.2) is 0 Å². The van der Waals surface area contributed by atoms with Gasteiger partial charge in [-0.15, -0.1) is 11.3 Å². The molecule has 0 atom stereocenters. The molecule has 6 heteroatoms. The number of anilines is 1. The minimum absolute atomic E-state index is 0.173. The lowest BCUT2D eigenvalue weighted by atomic mass is 9.81. The molecule has 1 aliphatic heterocycles. The van der Waals surface area contributed by atoms with Gasteiger partial charge in [-0.05, 0) is 72.1 Å². The fourth-order valence-corrected chi connectivity index (χ4v) is 5.53. The van der Waals surface area contributed by atoms with E-state index in [1.165, 1.54) is 11.3 Å². The van der Waals surface area contributed by atoms with Crippen molar-refractivity contribution in [3.63, 3.8) is 0 Å². The highest BCUT2D eigenvalue weighted by Crippen LogP contribution is 2.45. The van der Waals surface area contributed by atoms with E-state index in [4.69, 9.17) is 4.74 Å². The average Bonchev–Trinajstić information content (AvgIpc) is 2.91. The third kappa shape index (κ3) is 4.23. The molecule has 2 N–H and O–H groups in total. The largest absolute Gasteiger partial charge is 0.462 e. The van der Waals surface area contributed by atoms with Crippen molar-refractivity contribution in [3.05, 3.63) is 50.9 Å². The van der Waals surface area contributed by atoms with E-state index in [-0.39, 0.29) is 23.0 Å². The van der Waals surface area contributed by atoms with Gasteiger partial charge in [-0.3, -0.25) is 4.79 Å². The lowest BCUT2D eigenvalue weighted by molar-refractivity contribution is 0.0526. The molecule has 0 bridgehead atoms. The lowest BCUT2D eigenvalue weighted by Gasteiger charge is -2.42. The standard InChI is InChI=1S/C23H30N2O3S/c1-8-28-21(27)17-16-12-22(4,5)25-23(6,7)18(16)29-20(17)24-19(26)15-10-9-13(2)11-14(15)3/h9-11,25H,8,12H2,1-7H3,(H,24,26). The van der Waals surface area contributed by atoms with Crippen LogP contribution in [0, 0.1) is 13.8 Å². The zero-order chi connectivity index (χ0) is 21.6. The summed E-state index contributed by atoms with van der Waals surface area (Å²) in [5.74, 6) is -0.592. The Balaban J connectivity index is 2.08. The van der Waals surface area contributed by atoms with Gasteiger partial charge in [-0.1, -0.05) is 17.7 Å². The highest BCUT2D eigenvalue weighted by Gasteiger charge is 2.42. The molecule has 2 heterocycles. The predicted molar refractivity (Wildman–Crippen MR) is 118 cm³/mol. The smallest absolute Gasteiger partial charge is 0.341 e. The normalized spacial score (nSPS) is 16.8. The Labute approximate surface area is 176 Å². The number of amides is 1. The fraction of sp³-hybridized carbons (Fsp3) is 0.478. The van der Waals surface area contributed by atoms with Gasteiger partial charge in [-0.2, -0.15) is 0 Å². The van der Waals surface area contributed by atoms with Crippen molar-refractivity contribution in [2.24, 2.45) is 0 Å². The Morgan fingerprint density at radius 2 is 1.90 bits per heavy atom. The minimum atomic E-state index is -0.380. The molecule has 0 saturated carbocycles. The molecule has 0 unspecified atom stereocenters. The first-order valence-corrected chi connectivity index (χ1v) is 10.8. The quantitative estimate of drug-likeness (QED) is 0.695. The second-order valence-corrected chi connectivity index (χ2v) is 9.94. The van der Waals surface area contributed by atoms with Crippen LogP contribution in [0.2, 0.25) is 0 Å². The highest BCUT2D eigenvalue weighted by molar-refractivity contribution is 7.17. The summed E-state index contributed by atoms with van der Waals surface area (Å²) < 4.78 is 5.35. The molecule has 0 radical (unpaired) electrons. The second-order valence-electron chi connectivity index (χ2n) is 8.92. The van der Waals surface area contributed by atoms with Gasteiger partial charge >= 0.3 is 5.97 Å². The maximum Gasteiger partial charge on any atom is 0.341 e. The van der Waals surface area contributed by atoms with Crippen LogP contribution in [0.15, 0.2) is 18.2 Å². The Hall–Kier alpha value is -2.18. The number of esters is 1. The van der Waals surface area contributed by atoms with Crippen LogP contribution in [-0.2, 0) is 16.7 Å². The first kappa shape index (κ1) is 21.5. The summed E-state index contributed by atoms with van der Waals surface area (Å²) in [5, 5.41) is 7.21. The number of hydrogen-bond donors (Lipinski definition) is 2. The van der Waals surface area contributed by atoms with Crippen LogP contribution in [0.3, 0.4) is 0 Å². The Morgan fingerprint density at radius 3 is 2.52 bits per heavy atom. The first-order chi connectivity index (χ1) is 13.4. The van der Waals surface area contributed by atoms with Gasteiger partial charge in [0.2, 0.25) is 0 Å². The number of ether oxygens (including phenoxy) is 1. The number of carbonyl (C=O) groups is 2. The molecule has 1 aromatic carbocycles. The van der Waals surface area contributed by atoms with Gasteiger partial charge in [0, 0.05) is 21.5 Å². The van der Waals surface area contributed by atoms with Crippen LogP contribution in [0.25, 0.3) is 0 Å². The Kier molecular flexibility index (Phi) is 5.62. The van der Waals surface area contributed by atoms with Crippen LogP contribution in [-0.4, -0.2) is 24.0 Å². The van der Waals surface area contributed by atoms with Crippen LogP contribution in [0.4, 0.5) is 5.00 Å². The van der Waals surface area contributed by atoms with Crippen molar-refractivity contribution in [2.45, 2.75) is 66.0 Å². The van der Waals surface area contributed by atoms with Crippen molar-refractivity contribution >= 4 is 28.2 Å². The predicted octanol–water partition coefficient (Wildman–Crippen LogP) is 4.95. The van der Waals surface area contributed by atoms with Gasteiger partial charge in [-0.25, -0.2) is 4.79 Å². The van der Waals surface area contributed by atoms with E-state index in [1.54, 1.807) is 6.92 Å². The summed E-state index contributed by atoms with van der Waals surface area (Å²) in [6, 6.07) is 5.73. The van der Waals surface area contributed by atoms with Crippen molar-refractivity contribution in [2.75, 3.05) is 11.9 Å². The molecule has 1 amide bonds. The number of benzene rings is 1. The van der Waals surface area contributed by atoms with Crippen LogP contribution in [0.5, 0.6) is 0 Å². The average molecular weight is 415 g/mol. The molecule has 29 heavy (non-hydrogen) atoms. The van der Waals surface area contributed by atoms with Crippen LogP contribution < -0.4 is 10.6 Å². The number of hydrogen-bond acceptors (Lipinski definition) is 5. The summed E-state index contributed by atoms with van der Waals surface area (Å²) in [6.07, 6.45) is 0.690. The van der Waals surface area contributed by atoms with E-state index >= 15 is 0 Å². The lowest BCUT2D eigenvalue weighted by Crippen LogP contribution is -2.55. The number of thiophene rings is 1. The molecule has 0 aliphatic carbocycles. The van der Waals surface area contributed by atoms with Gasteiger partial charge < -0.3 is 15.4 Å². The number of carbonyl (C=O) groups excluding carboxylic acids is 2. The van der Waals surface area contributed by atoms with Crippen LogP contribution in [0.1, 0.15) is 76.9 Å². The number of fused-ring (bicyclic) bond motifs is 1. The van der Waals surface area contributed by atoms with Gasteiger partial charge in [0.25, 0.3) is 5.91 Å². The maximum atomic E-state index is 13.0. The van der Waals surface area contributed by atoms with Crippen molar-refractivity contribution in [3.8, 4) is 0 Å². The Morgan fingerprint density at radius 1 is 1.21 bits per heavy atom. The van der Waals surface area contributed by atoms with E-state index < -0.39 is 0 Å². The zero-order valence-electron chi connectivity index (χ0n) is 18.3. The zero-order valence-corrected chi connectivity index (χ0v) is 19.1. The van der Waals surface area contributed by atoms with Crippen molar-refractivity contribution < 1.29 is 14.3 Å². The SMILES string of the molecule is CCOC(=O)c1c(NC(=O)c2ccc(C)cc2C)sc2c1CC(C)(C)NC2(C)C. The van der Waals surface area contributed by atoms with E-state index in [0.29, 0.717) is 29.2 Å². The summed E-state index contributed by atoms with van der Waals surface area (Å²) in [5.41, 5.74) is 3.59. The molecule has 3 rings (SSSR count). The van der Waals surface area contributed by atoms with E-state index in [1.807, 2.05) is 32.0 Å². The summed E-state index contributed by atoms with van der Waals surface area (Å²) in [7, 11) is 0. The van der Waals surface area contributed by atoms with E-state index in [2.05, 4.69) is 38.3 Å². The number of rotatable bonds is 4. The molecule has 0 saturated heterocycles. The molecular weight excluding hydrogens is 384 g/mol. The van der Waals surface area contributed by atoms with Gasteiger partial charge in [0.1, 0.15) is 5.00 Å². The Bertz CT molecular complexity index is 973. The van der Waals surface area contributed by atoms with E-state index in [9.17, 15) is 9.59 Å². The summed E-state index contributed by atoms with van der Waals surface area (Å²) in [4.78, 5) is 26.9. The molecule has 156 valence electrons. The molecule has 2 aromatic rings. The van der Waals surface area contributed by atoms with E-state index in [0.717, 1.165) is 21.6 Å². The van der Waals surface area contributed by atoms with Crippen molar-refractivity contribution in [1.82, 2.24) is 5.32 Å². The minimum Gasteiger partial charge on any atom is -0.462 e. The highest BCUT2D eigenvalue weighted by atomic mass is 32.1. The monoisotopic (exact) mass is 414 g/mol. The second kappa shape index (κ2) is 7.58. The third-order valence-corrected chi connectivity index (χ3v) is 6.65. The summed E-state index contributed by atoms with van der Waals surface area (Å²) >= 11 is 1.46. The first-order valence-electron chi connectivity index (χ1n) is 9.96. The fourth-order valence-electron chi connectivity index (χ4n) is 4.27. The number of aryl methyl sites for hydroxylation is 2. The summed E-state index contributed by atoms with van der Waals surface area (Å²) in [6.45, 7) is 14.5. The molecule has 5 nitrogen and oxygen atoms in total. The number of nitrogens with one attached hydrogen (secondary N) is 2. The third-order valence-electron chi connectivity index (χ3n) is 5.18. The molecule has 1 aromatic heterocycles. The topological polar surface area (TPSA) is 67.4 Å². The molecule has 1 aliphatic rings. The van der Waals surface area contributed by atoms with Crippen LogP contribution >= 0.6 is 11.3 Å². The van der Waals surface area contributed by atoms with Crippen molar-refractivity contribution in [1.29, 1.82) is 0 Å². The van der Waals surface area contributed by atoms with Gasteiger partial charge in [0.05, 0.1) is 12.2 Å².